The Labute approximate surface area is 124 Å². The molecule has 1 heterocycles. The van der Waals surface area contributed by atoms with Crippen LogP contribution in [0.2, 0.25) is 0 Å². The summed E-state index contributed by atoms with van der Waals surface area (Å²) in [5.74, 6) is -0.0302. The van der Waals surface area contributed by atoms with Gasteiger partial charge in [-0.15, -0.1) is 0 Å². The smallest absolute Gasteiger partial charge is 0.272 e. The Hall–Kier alpha value is -1.69. The van der Waals surface area contributed by atoms with Crippen molar-refractivity contribution >= 4 is 11.4 Å². The lowest BCUT2D eigenvalue weighted by Gasteiger charge is -2.35. The number of anilines is 1. The average Bonchev–Trinajstić information content (AvgIpc) is 2.45. The van der Waals surface area contributed by atoms with Crippen LogP contribution in [0.4, 0.5) is 15.8 Å². The number of benzene rings is 1. The van der Waals surface area contributed by atoms with Gasteiger partial charge in [-0.25, -0.2) is 4.39 Å². The van der Waals surface area contributed by atoms with E-state index in [0.29, 0.717) is 17.6 Å². The summed E-state index contributed by atoms with van der Waals surface area (Å²) >= 11 is 0. The van der Waals surface area contributed by atoms with Crippen molar-refractivity contribution in [1.82, 2.24) is 5.32 Å². The molecule has 21 heavy (non-hydrogen) atoms. The summed E-state index contributed by atoms with van der Waals surface area (Å²) in [7, 11) is 0. The van der Waals surface area contributed by atoms with Crippen molar-refractivity contribution in [3.05, 3.63) is 34.1 Å². The van der Waals surface area contributed by atoms with Crippen LogP contribution < -0.4 is 10.2 Å². The van der Waals surface area contributed by atoms with E-state index in [-0.39, 0.29) is 5.69 Å². The van der Waals surface area contributed by atoms with E-state index in [1.807, 2.05) is 4.90 Å². The van der Waals surface area contributed by atoms with Gasteiger partial charge in [0.05, 0.1) is 16.7 Å². The second-order valence-electron chi connectivity index (χ2n) is 5.91. The molecule has 1 aromatic carbocycles. The van der Waals surface area contributed by atoms with Crippen molar-refractivity contribution in [2.75, 3.05) is 24.5 Å². The third kappa shape index (κ3) is 4.14. The predicted octanol–water partition coefficient (Wildman–Crippen LogP) is 2.95. The van der Waals surface area contributed by atoms with E-state index in [9.17, 15) is 14.5 Å². The Morgan fingerprint density at radius 3 is 2.90 bits per heavy atom. The lowest BCUT2D eigenvalue weighted by Crippen LogP contribution is -2.41. The monoisotopic (exact) mass is 295 g/mol. The molecule has 1 saturated heterocycles. The molecule has 0 bridgehead atoms. The van der Waals surface area contributed by atoms with Gasteiger partial charge >= 0.3 is 0 Å². The molecule has 0 radical (unpaired) electrons. The van der Waals surface area contributed by atoms with Gasteiger partial charge in [-0.1, -0.05) is 13.8 Å². The molecule has 1 atom stereocenters. The third-order valence-electron chi connectivity index (χ3n) is 3.82. The maximum Gasteiger partial charge on any atom is 0.272 e. The van der Waals surface area contributed by atoms with Crippen molar-refractivity contribution in [3.63, 3.8) is 0 Å². The topological polar surface area (TPSA) is 58.4 Å². The number of nitro benzene ring substituents is 1. The molecule has 0 aromatic heterocycles. The minimum atomic E-state index is -0.571. The first-order chi connectivity index (χ1) is 9.97. The van der Waals surface area contributed by atoms with Crippen LogP contribution in [0.15, 0.2) is 18.2 Å². The second-order valence-corrected chi connectivity index (χ2v) is 5.91. The van der Waals surface area contributed by atoms with E-state index in [1.165, 1.54) is 12.1 Å². The van der Waals surface area contributed by atoms with E-state index in [0.717, 1.165) is 38.5 Å². The van der Waals surface area contributed by atoms with Crippen LogP contribution in [0.25, 0.3) is 0 Å². The highest BCUT2D eigenvalue weighted by Gasteiger charge is 2.23. The Bertz CT molecular complexity index is 508. The third-order valence-corrected chi connectivity index (χ3v) is 3.82. The average molecular weight is 295 g/mol. The maximum absolute atomic E-state index is 14.1. The van der Waals surface area contributed by atoms with Crippen LogP contribution in [0.1, 0.15) is 26.7 Å². The van der Waals surface area contributed by atoms with Gasteiger partial charge < -0.3 is 10.2 Å². The van der Waals surface area contributed by atoms with E-state index >= 15 is 0 Å². The maximum atomic E-state index is 14.1. The van der Waals surface area contributed by atoms with Gasteiger partial charge in [-0.3, -0.25) is 10.1 Å². The fourth-order valence-electron chi connectivity index (χ4n) is 2.72. The van der Waals surface area contributed by atoms with E-state index in [1.54, 1.807) is 0 Å². The van der Waals surface area contributed by atoms with Gasteiger partial charge in [0.2, 0.25) is 0 Å². The Morgan fingerprint density at radius 1 is 1.52 bits per heavy atom. The number of piperidine rings is 1. The Morgan fingerprint density at radius 2 is 2.29 bits per heavy atom. The highest BCUT2D eigenvalue weighted by Crippen LogP contribution is 2.28. The van der Waals surface area contributed by atoms with Gasteiger partial charge in [-0.2, -0.15) is 0 Å². The summed E-state index contributed by atoms with van der Waals surface area (Å²) in [6.45, 7) is 6.72. The fraction of sp³-hybridized carbons (Fsp3) is 0.600. The van der Waals surface area contributed by atoms with Crippen molar-refractivity contribution in [2.24, 2.45) is 5.92 Å². The molecule has 1 aliphatic heterocycles. The van der Waals surface area contributed by atoms with E-state index < -0.39 is 10.7 Å². The number of non-ortho nitro benzene ring substituents is 1. The van der Waals surface area contributed by atoms with Crippen molar-refractivity contribution < 1.29 is 9.31 Å². The van der Waals surface area contributed by atoms with Crippen LogP contribution in [-0.4, -0.2) is 30.6 Å². The molecule has 0 amide bonds. The standard InChI is InChI=1S/C15H22FN3O2/c1-11(2)17-9-12-4-3-7-18(10-12)15-6-5-13(19(20)21)8-14(15)16/h5-6,8,11-12,17H,3-4,7,9-10H2,1-2H3. The summed E-state index contributed by atoms with van der Waals surface area (Å²) in [6, 6.07) is 4.34. The van der Waals surface area contributed by atoms with Crippen LogP contribution >= 0.6 is 0 Å². The highest BCUT2D eigenvalue weighted by atomic mass is 19.1. The molecule has 1 fully saturated rings. The van der Waals surface area contributed by atoms with E-state index in [2.05, 4.69) is 19.2 Å². The van der Waals surface area contributed by atoms with Crippen molar-refractivity contribution in [3.8, 4) is 0 Å². The number of halogens is 1. The predicted molar refractivity (Wildman–Crippen MR) is 81.1 cm³/mol. The first-order valence-electron chi connectivity index (χ1n) is 7.39. The first-order valence-corrected chi connectivity index (χ1v) is 7.39. The zero-order chi connectivity index (χ0) is 15.4. The quantitative estimate of drug-likeness (QED) is 0.670. The molecular formula is C15H22FN3O2. The van der Waals surface area contributed by atoms with Crippen molar-refractivity contribution in [1.29, 1.82) is 0 Å². The number of rotatable bonds is 5. The zero-order valence-corrected chi connectivity index (χ0v) is 12.5. The highest BCUT2D eigenvalue weighted by molar-refractivity contribution is 5.52. The minimum absolute atomic E-state index is 0.203. The molecule has 5 nitrogen and oxygen atoms in total. The molecule has 1 N–H and O–H groups in total. The first kappa shape index (κ1) is 15.7. The molecule has 0 spiro atoms. The lowest BCUT2D eigenvalue weighted by molar-refractivity contribution is -0.385. The molecule has 116 valence electrons. The summed E-state index contributed by atoms with van der Waals surface area (Å²) in [6.07, 6.45) is 2.14. The van der Waals surface area contributed by atoms with Gasteiger partial charge in [0, 0.05) is 25.2 Å². The molecule has 1 unspecified atom stereocenters. The summed E-state index contributed by atoms with van der Waals surface area (Å²) in [5.41, 5.74) is 0.265. The number of hydrogen-bond acceptors (Lipinski definition) is 4. The van der Waals surface area contributed by atoms with Gasteiger partial charge in [0.15, 0.2) is 5.82 Å². The van der Waals surface area contributed by atoms with Gasteiger partial charge in [0.25, 0.3) is 5.69 Å². The fourth-order valence-corrected chi connectivity index (χ4v) is 2.72. The lowest BCUT2D eigenvalue weighted by atomic mass is 9.97. The Balaban J connectivity index is 2.05. The molecule has 0 aliphatic carbocycles. The number of nitrogens with zero attached hydrogens (tertiary/aromatic N) is 2. The number of hydrogen-bond donors (Lipinski definition) is 1. The Kier molecular flexibility index (Phi) is 5.12. The molecule has 0 saturated carbocycles. The molecule has 6 heteroatoms. The van der Waals surface area contributed by atoms with Crippen LogP contribution in [-0.2, 0) is 0 Å². The number of nitro groups is 1. The summed E-state index contributed by atoms with van der Waals surface area (Å²) in [4.78, 5) is 12.1. The normalized spacial score (nSPS) is 19.0. The molecule has 1 aliphatic rings. The SMILES string of the molecule is CC(C)NCC1CCCN(c2ccc([N+](=O)[O-])cc2F)C1. The van der Waals surface area contributed by atoms with Crippen LogP contribution in [0.3, 0.4) is 0 Å². The zero-order valence-electron chi connectivity index (χ0n) is 12.5. The van der Waals surface area contributed by atoms with Gasteiger partial charge in [-0.05, 0) is 31.4 Å². The summed E-state index contributed by atoms with van der Waals surface area (Å²) < 4.78 is 14.1. The van der Waals surface area contributed by atoms with Gasteiger partial charge in [0.1, 0.15) is 0 Å². The van der Waals surface area contributed by atoms with Crippen molar-refractivity contribution in [2.45, 2.75) is 32.7 Å². The molecule has 2 rings (SSSR count). The largest absolute Gasteiger partial charge is 0.369 e. The molecular weight excluding hydrogens is 273 g/mol. The van der Waals surface area contributed by atoms with E-state index in [4.69, 9.17) is 0 Å². The minimum Gasteiger partial charge on any atom is -0.369 e. The molecule has 1 aromatic rings. The summed E-state index contributed by atoms with van der Waals surface area (Å²) in [5, 5.41) is 14.1. The van der Waals surface area contributed by atoms with Crippen LogP contribution in [0.5, 0.6) is 0 Å². The van der Waals surface area contributed by atoms with Crippen LogP contribution in [0, 0.1) is 21.8 Å². The number of nitrogens with one attached hydrogen (secondary N) is 1. The second kappa shape index (κ2) is 6.85.